The van der Waals surface area contributed by atoms with Crippen LogP contribution in [-0.2, 0) is 11.2 Å². The fraction of sp³-hybridized carbons (Fsp3) is 0.500. The summed E-state index contributed by atoms with van der Waals surface area (Å²) < 4.78 is 9.77. The number of aromatic nitrogens is 2. The van der Waals surface area contributed by atoms with E-state index in [0.717, 1.165) is 12.1 Å². The van der Waals surface area contributed by atoms with Crippen molar-refractivity contribution < 1.29 is 9.47 Å². The first-order chi connectivity index (χ1) is 5.86. The molecule has 0 saturated heterocycles. The van der Waals surface area contributed by atoms with Gasteiger partial charge in [0.1, 0.15) is 0 Å². The molecule has 1 rings (SSSR count). The van der Waals surface area contributed by atoms with Crippen molar-refractivity contribution in [1.29, 1.82) is 0 Å². The van der Waals surface area contributed by atoms with Gasteiger partial charge in [-0.2, -0.15) is 5.10 Å². The van der Waals surface area contributed by atoms with E-state index in [0.29, 0.717) is 12.5 Å². The molecule has 0 aromatic carbocycles. The van der Waals surface area contributed by atoms with E-state index in [1.54, 1.807) is 20.3 Å². The van der Waals surface area contributed by atoms with Crippen molar-refractivity contribution in [2.75, 3.05) is 20.8 Å². The molecule has 1 aromatic rings. The largest absolute Gasteiger partial charge is 0.480 e. The molecule has 1 heterocycles. The zero-order chi connectivity index (χ0) is 8.81. The van der Waals surface area contributed by atoms with E-state index in [4.69, 9.17) is 9.47 Å². The van der Waals surface area contributed by atoms with Gasteiger partial charge >= 0.3 is 0 Å². The first-order valence-electron chi connectivity index (χ1n) is 3.72. The molecule has 0 aliphatic rings. The Kier molecular flexibility index (Phi) is 3.47. The molecule has 0 N–H and O–H groups in total. The Morgan fingerprint density at radius 2 is 2.08 bits per heavy atom. The van der Waals surface area contributed by atoms with E-state index in [-0.39, 0.29) is 0 Å². The van der Waals surface area contributed by atoms with E-state index in [1.807, 2.05) is 6.07 Å². The quantitative estimate of drug-likeness (QED) is 0.663. The molecule has 0 fully saturated rings. The fourth-order valence-corrected chi connectivity index (χ4v) is 0.796. The van der Waals surface area contributed by atoms with Gasteiger partial charge in [0.05, 0.1) is 19.4 Å². The standard InChI is InChI=1S/C8H12N2O2/c1-11-6-5-7-3-4-8(12-2)10-9-7/h3-4H,5-6H2,1-2H3. The number of hydrogen-bond acceptors (Lipinski definition) is 4. The molecule has 12 heavy (non-hydrogen) atoms. The summed E-state index contributed by atoms with van der Waals surface area (Å²) in [4.78, 5) is 0. The minimum absolute atomic E-state index is 0.538. The lowest BCUT2D eigenvalue weighted by Gasteiger charge is -1.99. The van der Waals surface area contributed by atoms with Crippen LogP contribution in [0.2, 0.25) is 0 Å². The second kappa shape index (κ2) is 4.66. The van der Waals surface area contributed by atoms with Crippen LogP contribution >= 0.6 is 0 Å². The summed E-state index contributed by atoms with van der Waals surface area (Å²) in [7, 11) is 3.23. The monoisotopic (exact) mass is 168 g/mol. The molecular weight excluding hydrogens is 156 g/mol. The predicted octanol–water partition coefficient (Wildman–Crippen LogP) is 0.674. The van der Waals surface area contributed by atoms with E-state index in [9.17, 15) is 0 Å². The third-order valence-corrected chi connectivity index (χ3v) is 1.47. The maximum atomic E-state index is 4.90. The van der Waals surface area contributed by atoms with Crippen LogP contribution < -0.4 is 4.74 Å². The van der Waals surface area contributed by atoms with Crippen LogP contribution in [0.1, 0.15) is 5.69 Å². The molecule has 0 radical (unpaired) electrons. The SMILES string of the molecule is COCCc1ccc(OC)nn1. The molecule has 0 spiro atoms. The maximum Gasteiger partial charge on any atom is 0.233 e. The zero-order valence-electron chi connectivity index (χ0n) is 7.28. The molecule has 0 saturated carbocycles. The number of methoxy groups -OCH3 is 2. The van der Waals surface area contributed by atoms with Crippen LogP contribution in [-0.4, -0.2) is 31.0 Å². The van der Waals surface area contributed by atoms with Gasteiger partial charge in [-0.25, -0.2) is 0 Å². The summed E-state index contributed by atoms with van der Waals surface area (Å²) in [5.74, 6) is 0.538. The first kappa shape index (κ1) is 8.93. The number of nitrogens with zero attached hydrogens (tertiary/aromatic N) is 2. The van der Waals surface area contributed by atoms with Gasteiger partial charge in [-0.3, -0.25) is 0 Å². The van der Waals surface area contributed by atoms with Gasteiger partial charge in [0.25, 0.3) is 0 Å². The number of ether oxygens (including phenoxy) is 2. The molecule has 0 atom stereocenters. The average Bonchev–Trinajstić information content (AvgIpc) is 2.15. The van der Waals surface area contributed by atoms with Crippen LogP contribution in [0.4, 0.5) is 0 Å². The van der Waals surface area contributed by atoms with Crippen LogP contribution in [0.15, 0.2) is 12.1 Å². The average molecular weight is 168 g/mol. The summed E-state index contributed by atoms with van der Waals surface area (Å²) in [5, 5.41) is 7.75. The van der Waals surface area contributed by atoms with E-state index >= 15 is 0 Å². The van der Waals surface area contributed by atoms with Crippen molar-refractivity contribution in [3.05, 3.63) is 17.8 Å². The summed E-state index contributed by atoms with van der Waals surface area (Å²) in [5.41, 5.74) is 0.914. The van der Waals surface area contributed by atoms with Crippen LogP contribution in [0.5, 0.6) is 5.88 Å². The van der Waals surface area contributed by atoms with Crippen molar-refractivity contribution in [2.24, 2.45) is 0 Å². The number of hydrogen-bond donors (Lipinski definition) is 0. The molecule has 0 amide bonds. The van der Waals surface area contributed by atoms with Crippen molar-refractivity contribution in [3.63, 3.8) is 0 Å². The highest BCUT2D eigenvalue weighted by Crippen LogP contribution is 2.03. The second-order valence-corrected chi connectivity index (χ2v) is 2.31. The van der Waals surface area contributed by atoms with Crippen LogP contribution in [0, 0.1) is 0 Å². The Hall–Kier alpha value is -1.16. The molecular formula is C8H12N2O2. The highest BCUT2D eigenvalue weighted by molar-refractivity contribution is 5.11. The Labute approximate surface area is 71.5 Å². The highest BCUT2D eigenvalue weighted by Gasteiger charge is 1.96. The third kappa shape index (κ3) is 2.47. The van der Waals surface area contributed by atoms with Gasteiger partial charge in [0.2, 0.25) is 5.88 Å². The van der Waals surface area contributed by atoms with E-state index in [2.05, 4.69) is 10.2 Å². The minimum Gasteiger partial charge on any atom is -0.480 e. The van der Waals surface area contributed by atoms with Crippen molar-refractivity contribution in [2.45, 2.75) is 6.42 Å². The smallest absolute Gasteiger partial charge is 0.233 e. The lowest BCUT2D eigenvalue weighted by atomic mass is 10.3. The number of rotatable bonds is 4. The summed E-state index contributed by atoms with van der Waals surface area (Å²) in [6.07, 6.45) is 0.785. The molecule has 1 aromatic heterocycles. The molecule has 4 heteroatoms. The van der Waals surface area contributed by atoms with Gasteiger partial charge in [-0.1, -0.05) is 0 Å². The Balaban J connectivity index is 2.53. The van der Waals surface area contributed by atoms with Crippen LogP contribution in [0.25, 0.3) is 0 Å². The minimum atomic E-state index is 0.538. The maximum absolute atomic E-state index is 4.90. The van der Waals surface area contributed by atoms with Crippen molar-refractivity contribution >= 4 is 0 Å². The van der Waals surface area contributed by atoms with E-state index in [1.165, 1.54) is 0 Å². The normalized spacial score (nSPS) is 9.83. The first-order valence-corrected chi connectivity index (χ1v) is 3.72. The molecule has 0 bridgehead atoms. The van der Waals surface area contributed by atoms with Crippen molar-refractivity contribution in [3.8, 4) is 5.88 Å². The Morgan fingerprint density at radius 1 is 1.25 bits per heavy atom. The van der Waals surface area contributed by atoms with Gasteiger partial charge < -0.3 is 9.47 Å². The molecule has 66 valence electrons. The second-order valence-electron chi connectivity index (χ2n) is 2.31. The summed E-state index contributed by atoms with van der Waals surface area (Å²) in [6.45, 7) is 0.668. The summed E-state index contributed by atoms with van der Waals surface area (Å²) >= 11 is 0. The topological polar surface area (TPSA) is 44.2 Å². The van der Waals surface area contributed by atoms with Crippen molar-refractivity contribution in [1.82, 2.24) is 10.2 Å². The van der Waals surface area contributed by atoms with Gasteiger partial charge in [-0.05, 0) is 6.07 Å². The molecule has 4 nitrogen and oxygen atoms in total. The van der Waals surface area contributed by atoms with Gasteiger partial charge in [0, 0.05) is 19.6 Å². The van der Waals surface area contributed by atoms with Crippen LogP contribution in [0.3, 0.4) is 0 Å². The van der Waals surface area contributed by atoms with Gasteiger partial charge in [0.15, 0.2) is 0 Å². The van der Waals surface area contributed by atoms with E-state index < -0.39 is 0 Å². The highest BCUT2D eigenvalue weighted by atomic mass is 16.5. The molecule has 0 aliphatic carbocycles. The lowest BCUT2D eigenvalue weighted by molar-refractivity contribution is 0.201. The lowest BCUT2D eigenvalue weighted by Crippen LogP contribution is -1.99. The zero-order valence-corrected chi connectivity index (χ0v) is 7.28. The fourth-order valence-electron chi connectivity index (χ4n) is 0.796. The summed E-state index contributed by atoms with van der Waals surface area (Å²) in [6, 6.07) is 3.67. The molecule has 0 unspecified atom stereocenters. The Bertz CT molecular complexity index is 223. The molecule has 0 aliphatic heterocycles. The Morgan fingerprint density at radius 3 is 2.58 bits per heavy atom. The van der Waals surface area contributed by atoms with Gasteiger partial charge in [-0.15, -0.1) is 5.10 Å². The third-order valence-electron chi connectivity index (χ3n) is 1.47. The predicted molar refractivity (Wildman–Crippen MR) is 44.2 cm³/mol.